The third kappa shape index (κ3) is 3.80. The van der Waals surface area contributed by atoms with Crippen molar-refractivity contribution in [3.05, 3.63) is 42.5 Å². The number of hydrogen-bond acceptors (Lipinski definition) is 3. The van der Waals surface area contributed by atoms with E-state index >= 15 is 0 Å². The molecule has 0 radical (unpaired) electrons. The van der Waals surface area contributed by atoms with E-state index in [4.69, 9.17) is 5.11 Å². The molecule has 104 valence electrons. The first kappa shape index (κ1) is 13.5. The number of benzene rings is 1. The Bertz CT molecular complexity index is 624. The summed E-state index contributed by atoms with van der Waals surface area (Å²) < 4.78 is 13.9. The fourth-order valence-electron chi connectivity index (χ4n) is 1.48. The zero-order valence-electron chi connectivity index (χ0n) is 10.2. The average Bonchev–Trinajstić information content (AvgIpc) is 2.78. The fraction of sp³-hybridized carbons (Fsp3) is 0.0833. The Hall–Kier alpha value is -2.90. The van der Waals surface area contributed by atoms with Crippen LogP contribution in [0.3, 0.4) is 0 Å². The number of carboxylic acids is 1. The molecule has 8 heteroatoms. The lowest BCUT2D eigenvalue weighted by Crippen LogP contribution is -2.19. The highest BCUT2D eigenvalue weighted by Gasteiger charge is 2.06. The van der Waals surface area contributed by atoms with Crippen LogP contribution in [0.4, 0.5) is 20.6 Å². The molecule has 2 amide bonds. The summed E-state index contributed by atoms with van der Waals surface area (Å²) in [5.41, 5.74) is 0.785. The van der Waals surface area contributed by atoms with Gasteiger partial charge in [0.15, 0.2) is 0 Å². The summed E-state index contributed by atoms with van der Waals surface area (Å²) in [7, 11) is 0. The Balaban J connectivity index is 1.92. The fourth-order valence-corrected chi connectivity index (χ4v) is 1.48. The SMILES string of the molecule is O=C(O)Cn1cc(NC(=O)Nc2ccc(F)cc2)cn1. The second-order valence-electron chi connectivity index (χ2n) is 3.91. The minimum Gasteiger partial charge on any atom is -0.480 e. The molecule has 1 aromatic carbocycles. The maximum atomic E-state index is 12.7. The number of amides is 2. The van der Waals surface area contributed by atoms with Crippen LogP contribution in [0.25, 0.3) is 0 Å². The summed E-state index contributed by atoms with van der Waals surface area (Å²) in [6.07, 6.45) is 2.71. The summed E-state index contributed by atoms with van der Waals surface area (Å²) in [4.78, 5) is 22.1. The number of aromatic nitrogens is 2. The zero-order valence-corrected chi connectivity index (χ0v) is 10.2. The molecule has 1 heterocycles. The quantitative estimate of drug-likeness (QED) is 0.793. The maximum Gasteiger partial charge on any atom is 0.325 e. The molecule has 0 saturated carbocycles. The Kier molecular flexibility index (Phi) is 3.94. The minimum absolute atomic E-state index is 0.290. The van der Waals surface area contributed by atoms with Crippen LogP contribution in [0.5, 0.6) is 0 Å². The van der Waals surface area contributed by atoms with Crippen LogP contribution in [0.2, 0.25) is 0 Å². The average molecular weight is 278 g/mol. The molecule has 0 aliphatic rings. The van der Waals surface area contributed by atoms with Gasteiger partial charge in [0.2, 0.25) is 0 Å². The molecule has 0 atom stereocenters. The lowest BCUT2D eigenvalue weighted by atomic mass is 10.3. The first-order valence-electron chi connectivity index (χ1n) is 5.61. The number of urea groups is 1. The lowest BCUT2D eigenvalue weighted by Gasteiger charge is -2.05. The predicted molar refractivity (Wildman–Crippen MR) is 68.9 cm³/mol. The van der Waals surface area contributed by atoms with Crippen LogP contribution in [0, 0.1) is 5.82 Å². The lowest BCUT2D eigenvalue weighted by molar-refractivity contribution is -0.137. The number of halogens is 1. The number of nitrogens with one attached hydrogen (secondary N) is 2. The second-order valence-corrected chi connectivity index (χ2v) is 3.91. The highest BCUT2D eigenvalue weighted by atomic mass is 19.1. The van der Waals surface area contributed by atoms with Gasteiger partial charge in [-0.1, -0.05) is 0 Å². The van der Waals surface area contributed by atoms with Crippen LogP contribution in [0.15, 0.2) is 36.7 Å². The van der Waals surface area contributed by atoms with Crippen molar-refractivity contribution in [3.8, 4) is 0 Å². The smallest absolute Gasteiger partial charge is 0.325 e. The van der Waals surface area contributed by atoms with E-state index in [0.29, 0.717) is 11.4 Å². The maximum absolute atomic E-state index is 12.7. The van der Waals surface area contributed by atoms with Crippen LogP contribution in [0.1, 0.15) is 0 Å². The third-order valence-corrected chi connectivity index (χ3v) is 2.29. The van der Waals surface area contributed by atoms with Crippen LogP contribution in [-0.2, 0) is 11.3 Å². The molecule has 0 aliphatic heterocycles. The highest BCUT2D eigenvalue weighted by Crippen LogP contribution is 2.10. The summed E-state index contributed by atoms with van der Waals surface area (Å²) in [6, 6.07) is 4.75. The second kappa shape index (κ2) is 5.83. The number of carbonyl (C=O) groups is 2. The van der Waals surface area contributed by atoms with Gasteiger partial charge in [0.25, 0.3) is 0 Å². The molecule has 0 fully saturated rings. The van der Waals surface area contributed by atoms with Gasteiger partial charge in [-0.25, -0.2) is 9.18 Å². The number of carbonyl (C=O) groups excluding carboxylic acids is 1. The van der Waals surface area contributed by atoms with Crippen molar-refractivity contribution in [1.29, 1.82) is 0 Å². The topological polar surface area (TPSA) is 96.2 Å². The van der Waals surface area contributed by atoms with Gasteiger partial charge >= 0.3 is 12.0 Å². The van der Waals surface area contributed by atoms with E-state index in [9.17, 15) is 14.0 Å². The molecular weight excluding hydrogens is 267 g/mol. The number of hydrogen-bond donors (Lipinski definition) is 3. The van der Waals surface area contributed by atoms with Gasteiger partial charge in [-0.2, -0.15) is 5.10 Å². The zero-order chi connectivity index (χ0) is 14.5. The van der Waals surface area contributed by atoms with Crippen LogP contribution < -0.4 is 10.6 Å². The van der Waals surface area contributed by atoms with Crippen molar-refractivity contribution in [3.63, 3.8) is 0 Å². The Morgan fingerprint density at radius 2 is 1.85 bits per heavy atom. The number of anilines is 2. The Labute approximate surface area is 113 Å². The normalized spacial score (nSPS) is 10.1. The van der Waals surface area contributed by atoms with Gasteiger partial charge in [0.05, 0.1) is 11.9 Å². The molecule has 1 aromatic heterocycles. The number of carboxylic acid groups (broad SMARTS) is 1. The van der Waals surface area contributed by atoms with Gasteiger partial charge in [0, 0.05) is 11.9 Å². The van der Waals surface area contributed by atoms with Gasteiger partial charge in [-0.3, -0.25) is 9.48 Å². The molecule has 0 spiro atoms. The first-order chi connectivity index (χ1) is 9.52. The molecule has 3 N–H and O–H groups in total. The molecular formula is C12H11FN4O3. The van der Waals surface area contributed by atoms with E-state index in [0.717, 1.165) is 0 Å². The molecule has 0 bridgehead atoms. The van der Waals surface area contributed by atoms with Crippen molar-refractivity contribution in [2.24, 2.45) is 0 Å². The largest absolute Gasteiger partial charge is 0.480 e. The molecule has 2 rings (SSSR count). The number of rotatable bonds is 4. The molecule has 7 nitrogen and oxygen atoms in total. The van der Waals surface area contributed by atoms with Crippen molar-refractivity contribution in [2.45, 2.75) is 6.54 Å². The molecule has 2 aromatic rings. The van der Waals surface area contributed by atoms with E-state index in [-0.39, 0.29) is 6.54 Å². The standard InChI is InChI=1S/C12H11FN4O3/c13-8-1-3-9(4-2-8)15-12(20)16-10-5-14-17(6-10)7-11(18)19/h1-6H,7H2,(H,18,19)(H2,15,16,20). The summed E-state index contributed by atoms with van der Waals surface area (Å²) >= 11 is 0. The van der Waals surface area contributed by atoms with Gasteiger partial charge in [-0.05, 0) is 24.3 Å². The molecule has 20 heavy (non-hydrogen) atoms. The van der Waals surface area contributed by atoms with Crippen molar-refractivity contribution >= 4 is 23.4 Å². The van der Waals surface area contributed by atoms with Crippen molar-refractivity contribution < 1.29 is 19.1 Å². The molecule has 0 aliphatic carbocycles. The van der Waals surface area contributed by atoms with Crippen LogP contribution in [-0.4, -0.2) is 26.9 Å². The Morgan fingerprint density at radius 1 is 1.20 bits per heavy atom. The van der Waals surface area contributed by atoms with Crippen LogP contribution >= 0.6 is 0 Å². The van der Waals surface area contributed by atoms with E-state index in [1.54, 1.807) is 0 Å². The third-order valence-electron chi connectivity index (χ3n) is 2.29. The molecule has 0 saturated heterocycles. The summed E-state index contributed by atoms with van der Waals surface area (Å²) in [5.74, 6) is -1.43. The Morgan fingerprint density at radius 3 is 2.50 bits per heavy atom. The van der Waals surface area contributed by atoms with E-state index in [2.05, 4.69) is 15.7 Å². The van der Waals surface area contributed by atoms with E-state index in [1.807, 2.05) is 0 Å². The number of nitrogens with zero attached hydrogens (tertiary/aromatic N) is 2. The first-order valence-corrected chi connectivity index (χ1v) is 5.61. The monoisotopic (exact) mass is 278 g/mol. The highest BCUT2D eigenvalue weighted by molar-refractivity contribution is 5.99. The van der Waals surface area contributed by atoms with Crippen molar-refractivity contribution in [2.75, 3.05) is 10.6 Å². The number of aliphatic carboxylic acids is 1. The van der Waals surface area contributed by atoms with Crippen molar-refractivity contribution in [1.82, 2.24) is 9.78 Å². The summed E-state index contributed by atoms with van der Waals surface area (Å²) in [6.45, 7) is -0.290. The van der Waals surface area contributed by atoms with Gasteiger partial charge in [-0.15, -0.1) is 0 Å². The van der Waals surface area contributed by atoms with E-state index < -0.39 is 17.8 Å². The van der Waals surface area contributed by atoms with E-state index in [1.165, 1.54) is 41.3 Å². The minimum atomic E-state index is -1.03. The predicted octanol–water partition coefficient (Wildman–Crippen LogP) is 1.75. The van der Waals surface area contributed by atoms with Gasteiger partial charge in [0.1, 0.15) is 12.4 Å². The van der Waals surface area contributed by atoms with Gasteiger partial charge < -0.3 is 15.7 Å². The molecule has 0 unspecified atom stereocenters. The summed E-state index contributed by atoms with van der Waals surface area (Å²) in [5, 5.41) is 17.3.